The molecule has 1 rings (SSSR count). The normalized spacial score (nSPS) is 11.2. The van der Waals surface area contributed by atoms with E-state index in [1.165, 1.54) is 5.56 Å². The summed E-state index contributed by atoms with van der Waals surface area (Å²) in [6, 6.07) is 8.09. The van der Waals surface area contributed by atoms with Crippen LogP contribution in [0.2, 0.25) is 0 Å². The van der Waals surface area contributed by atoms with Crippen LogP contribution in [-0.4, -0.2) is 18.2 Å². The van der Waals surface area contributed by atoms with E-state index in [0.29, 0.717) is 25.0 Å². The predicted octanol–water partition coefficient (Wildman–Crippen LogP) is 5.03. The quantitative estimate of drug-likeness (QED) is 0.422. The molecule has 24 heavy (non-hydrogen) atoms. The van der Waals surface area contributed by atoms with Gasteiger partial charge in [-0.1, -0.05) is 32.6 Å². The maximum atomic E-state index is 11.4. The van der Waals surface area contributed by atoms with Crippen LogP contribution < -0.4 is 4.74 Å². The Labute approximate surface area is 146 Å². The summed E-state index contributed by atoms with van der Waals surface area (Å²) < 4.78 is 5.73. The van der Waals surface area contributed by atoms with E-state index in [0.717, 1.165) is 25.0 Å². The Morgan fingerprint density at radius 2 is 1.67 bits per heavy atom. The lowest BCUT2D eigenvalue weighted by molar-refractivity contribution is -0.117. The van der Waals surface area contributed by atoms with Crippen LogP contribution in [0.1, 0.15) is 65.4 Å². The van der Waals surface area contributed by atoms with Crippen molar-refractivity contribution in [3.8, 4) is 5.75 Å². The van der Waals surface area contributed by atoms with Crippen molar-refractivity contribution >= 4 is 11.6 Å². The molecule has 3 heteroatoms. The van der Waals surface area contributed by atoms with Gasteiger partial charge in [0.05, 0.1) is 6.61 Å². The lowest BCUT2D eigenvalue weighted by Crippen LogP contribution is -2.18. The van der Waals surface area contributed by atoms with Gasteiger partial charge in [-0.3, -0.25) is 4.79 Å². The van der Waals surface area contributed by atoms with Gasteiger partial charge in [-0.05, 0) is 61.8 Å². The van der Waals surface area contributed by atoms with E-state index in [1.807, 2.05) is 12.1 Å². The van der Waals surface area contributed by atoms with E-state index in [-0.39, 0.29) is 17.0 Å². The fraction of sp³-hybridized carbons (Fsp3) is 0.524. The lowest BCUT2D eigenvalue weighted by atomic mass is 9.80. The number of ketones is 2. The lowest BCUT2D eigenvalue weighted by Gasteiger charge is -2.25. The third kappa shape index (κ3) is 7.12. The summed E-state index contributed by atoms with van der Waals surface area (Å²) in [4.78, 5) is 22.6. The average Bonchev–Trinajstić information content (AvgIpc) is 2.53. The number of carbonyl (C=O) groups is 2. The van der Waals surface area contributed by atoms with E-state index in [1.54, 1.807) is 13.8 Å². The molecule has 0 fully saturated rings. The summed E-state index contributed by atoms with van der Waals surface area (Å²) in [5, 5.41) is 0. The minimum atomic E-state index is -0.0207. The van der Waals surface area contributed by atoms with Crippen LogP contribution in [0.25, 0.3) is 0 Å². The van der Waals surface area contributed by atoms with Gasteiger partial charge in [0.25, 0.3) is 0 Å². The van der Waals surface area contributed by atoms with Gasteiger partial charge in [0.1, 0.15) is 11.5 Å². The molecule has 0 radical (unpaired) electrons. The molecule has 0 saturated carbocycles. The standard InChI is InChI=1S/C21H30O3/c1-16(2)20(23)8-6-7-15-24-19-11-9-18(10-12-19)21(4,5)14-13-17(3)22/h9-12H,1,6-8,13-15H2,2-5H3. The van der Waals surface area contributed by atoms with Gasteiger partial charge >= 0.3 is 0 Å². The molecule has 3 nitrogen and oxygen atoms in total. The maximum Gasteiger partial charge on any atom is 0.157 e. The molecular formula is C21H30O3. The first kappa shape index (κ1) is 20.1. The Kier molecular flexibility index (Phi) is 7.90. The first-order valence-electron chi connectivity index (χ1n) is 8.64. The average molecular weight is 330 g/mol. The van der Waals surface area contributed by atoms with Crippen molar-refractivity contribution in [3.05, 3.63) is 42.0 Å². The summed E-state index contributed by atoms with van der Waals surface area (Å²) in [6.07, 6.45) is 3.67. The molecule has 0 aliphatic carbocycles. The molecule has 0 bridgehead atoms. The van der Waals surface area contributed by atoms with Crippen LogP contribution in [0.15, 0.2) is 36.4 Å². The molecule has 0 aliphatic heterocycles. The van der Waals surface area contributed by atoms with Gasteiger partial charge in [-0.2, -0.15) is 0 Å². The molecular weight excluding hydrogens is 300 g/mol. The number of hydrogen-bond donors (Lipinski definition) is 0. The molecule has 0 aliphatic rings. The molecule has 0 spiro atoms. The van der Waals surface area contributed by atoms with Crippen LogP contribution in [0, 0.1) is 0 Å². The van der Waals surface area contributed by atoms with Gasteiger partial charge in [0, 0.05) is 12.8 Å². The number of rotatable bonds is 11. The highest BCUT2D eigenvalue weighted by molar-refractivity contribution is 5.93. The molecule has 0 amide bonds. The third-order valence-corrected chi connectivity index (χ3v) is 4.28. The van der Waals surface area contributed by atoms with Crippen molar-refractivity contribution in [1.29, 1.82) is 0 Å². The Morgan fingerprint density at radius 3 is 2.21 bits per heavy atom. The minimum Gasteiger partial charge on any atom is -0.494 e. The summed E-state index contributed by atoms with van der Waals surface area (Å²) in [6.45, 7) is 12.0. The van der Waals surface area contributed by atoms with Gasteiger partial charge in [-0.25, -0.2) is 0 Å². The second-order valence-corrected chi connectivity index (χ2v) is 7.12. The van der Waals surface area contributed by atoms with Crippen molar-refractivity contribution in [3.63, 3.8) is 0 Å². The number of hydrogen-bond acceptors (Lipinski definition) is 3. The van der Waals surface area contributed by atoms with Crippen molar-refractivity contribution < 1.29 is 14.3 Å². The maximum absolute atomic E-state index is 11.4. The van der Waals surface area contributed by atoms with E-state index in [9.17, 15) is 9.59 Å². The first-order valence-corrected chi connectivity index (χ1v) is 8.64. The predicted molar refractivity (Wildman–Crippen MR) is 98.6 cm³/mol. The number of unbranched alkanes of at least 4 members (excludes halogenated alkanes) is 1. The second kappa shape index (κ2) is 9.41. The fourth-order valence-corrected chi connectivity index (χ4v) is 2.43. The number of benzene rings is 1. The van der Waals surface area contributed by atoms with Crippen LogP contribution in [0.4, 0.5) is 0 Å². The van der Waals surface area contributed by atoms with Crippen molar-refractivity contribution in [2.75, 3.05) is 6.61 Å². The number of Topliss-reactive ketones (excluding diaryl/α,β-unsaturated/α-hetero) is 2. The van der Waals surface area contributed by atoms with Crippen molar-refractivity contribution in [2.24, 2.45) is 0 Å². The van der Waals surface area contributed by atoms with Gasteiger partial charge < -0.3 is 9.53 Å². The summed E-state index contributed by atoms with van der Waals surface area (Å²) >= 11 is 0. The highest BCUT2D eigenvalue weighted by Gasteiger charge is 2.20. The summed E-state index contributed by atoms with van der Waals surface area (Å²) in [5.74, 6) is 1.20. The Morgan fingerprint density at radius 1 is 1.04 bits per heavy atom. The Balaban J connectivity index is 2.40. The third-order valence-electron chi connectivity index (χ3n) is 4.28. The van der Waals surface area contributed by atoms with Crippen molar-refractivity contribution in [1.82, 2.24) is 0 Å². The van der Waals surface area contributed by atoms with Crippen LogP contribution in [-0.2, 0) is 15.0 Å². The summed E-state index contributed by atoms with van der Waals surface area (Å²) in [5.41, 5.74) is 1.81. The zero-order chi connectivity index (χ0) is 18.2. The van der Waals surface area contributed by atoms with Crippen molar-refractivity contribution in [2.45, 2.75) is 65.2 Å². The number of carbonyl (C=O) groups excluding carboxylic acids is 2. The molecule has 0 unspecified atom stereocenters. The monoisotopic (exact) mass is 330 g/mol. The zero-order valence-corrected chi connectivity index (χ0v) is 15.5. The number of allylic oxidation sites excluding steroid dienone is 1. The van der Waals surface area contributed by atoms with Gasteiger partial charge in [0.15, 0.2) is 5.78 Å². The smallest absolute Gasteiger partial charge is 0.157 e. The molecule has 0 saturated heterocycles. The van der Waals surface area contributed by atoms with Crippen LogP contribution in [0.3, 0.4) is 0 Å². The Bertz CT molecular complexity index is 567. The topological polar surface area (TPSA) is 43.4 Å². The molecule has 0 atom stereocenters. The molecule has 1 aromatic carbocycles. The molecule has 1 aromatic rings. The zero-order valence-electron chi connectivity index (χ0n) is 15.5. The van der Waals surface area contributed by atoms with E-state index < -0.39 is 0 Å². The number of ether oxygens (including phenoxy) is 1. The van der Waals surface area contributed by atoms with E-state index >= 15 is 0 Å². The largest absolute Gasteiger partial charge is 0.494 e. The minimum absolute atomic E-state index is 0.0207. The van der Waals surface area contributed by atoms with Crippen LogP contribution >= 0.6 is 0 Å². The van der Waals surface area contributed by atoms with E-state index in [4.69, 9.17) is 4.74 Å². The highest BCUT2D eigenvalue weighted by Crippen LogP contribution is 2.29. The van der Waals surface area contributed by atoms with Crippen LogP contribution in [0.5, 0.6) is 5.75 Å². The summed E-state index contributed by atoms with van der Waals surface area (Å²) in [7, 11) is 0. The molecule has 0 aromatic heterocycles. The molecule has 132 valence electrons. The van der Waals surface area contributed by atoms with E-state index in [2.05, 4.69) is 32.6 Å². The molecule has 0 N–H and O–H groups in total. The first-order chi connectivity index (χ1) is 11.2. The second-order valence-electron chi connectivity index (χ2n) is 7.12. The SMILES string of the molecule is C=C(C)C(=O)CCCCOc1ccc(C(C)(C)CCC(C)=O)cc1. The highest BCUT2D eigenvalue weighted by atomic mass is 16.5. The fourth-order valence-electron chi connectivity index (χ4n) is 2.43. The van der Waals surface area contributed by atoms with Gasteiger partial charge in [-0.15, -0.1) is 0 Å². The Hall–Kier alpha value is -1.90. The molecule has 0 heterocycles. The van der Waals surface area contributed by atoms with Gasteiger partial charge in [0.2, 0.25) is 0 Å².